The zero-order valence-electron chi connectivity index (χ0n) is 7.82. The summed E-state index contributed by atoms with van der Waals surface area (Å²) in [5.74, 6) is 0. The number of halogens is 1. The molecule has 0 saturated carbocycles. The summed E-state index contributed by atoms with van der Waals surface area (Å²) in [6, 6.07) is 1.95. The molecule has 1 nitrogen and oxygen atoms in total. The van der Waals surface area contributed by atoms with Crippen molar-refractivity contribution in [3.63, 3.8) is 0 Å². The number of nitrogens with zero attached hydrogens (tertiary/aromatic N) is 1. The van der Waals surface area contributed by atoms with Crippen molar-refractivity contribution >= 4 is 15.9 Å². The molecule has 0 aromatic carbocycles. The summed E-state index contributed by atoms with van der Waals surface area (Å²) in [6.07, 6.45) is 1.76. The van der Waals surface area contributed by atoms with Crippen molar-refractivity contribution in [3.8, 4) is 6.07 Å². The number of hydrogen-bond acceptors (Lipinski definition) is 1. The second-order valence-electron chi connectivity index (χ2n) is 1.86. The Morgan fingerprint density at radius 1 is 1.42 bits per heavy atom. The number of nitriles is 1. The lowest BCUT2D eigenvalue weighted by molar-refractivity contribution is 1.41. The standard InChI is InChI=1S/C8H8BrN.C2H6/c1-6(4-8(3)9)7(2)5-10;1-2/h4H,2-3H2,1H3;1-2H3/b6-4-;. The second-order valence-corrected chi connectivity index (χ2v) is 2.88. The van der Waals surface area contributed by atoms with Gasteiger partial charge in [-0.3, -0.25) is 0 Å². The van der Waals surface area contributed by atoms with Crippen LogP contribution < -0.4 is 0 Å². The molecule has 0 aliphatic heterocycles. The minimum absolute atomic E-state index is 0.473. The average Bonchev–Trinajstić information content (AvgIpc) is 2.05. The van der Waals surface area contributed by atoms with Crippen molar-refractivity contribution in [2.45, 2.75) is 20.8 Å². The Morgan fingerprint density at radius 2 is 1.83 bits per heavy atom. The lowest BCUT2D eigenvalue weighted by Gasteiger charge is -1.93. The maximum Gasteiger partial charge on any atom is 0.0988 e. The zero-order chi connectivity index (χ0) is 10.1. The maximum atomic E-state index is 8.38. The largest absolute Gasteiger partial charge is 0.192 e. The molecule has 0 atom stereocenters. The van der Waals surface area contributed by atoms with Gasteiger partial charge in [-0.25, -0.2) is 0 Å². The highest BCUT2D eigenvalue weighted by molar-refractivity contribution is 9.11. The molecule has 0 unspecified atom stereocenters. The van der Waals surface area contributed by atoms with Crippen LogP contribution in [0.3, 0.4) is 0 Å². The highest BCUT2D eigenvalue weighted by Gasteiger charge is 1.92. The number of rotatable bonds is 2. The van der Waals surface area contributed by atoms with Crippen LogP contribution in [0.15, 0.2) is 34.9 Å². The Morgan fingerprint density at radius 3 is 2.08 bits per heavy atom. The SMILES string of the molecule is C=C(Br)/C=C(/C)C(=C)C#N.CC. The Bertz CT molecular complexity index is 231. The second kappa shape index (κ2) is 8.29. The summed E-state index contributed by atoms with van der Waals surface area (Å²) in [5, 5.41) is 8.38. The smallest absolute Gasteiger partial charge is 0.0988 e. The Hall–Kier alpha value is -0.810. The Kier molecular flexibility index (Phi) is 9.50. The van der Waals surface area contributed by atoms with Gasteiger partial charge in [0.25, 0.3) is 0 Å². The molecular weight excluding hydrogens is 214 g/mol. The van der Waals surface area contributed by atoms with Crippen LogP contribution in [0.25, 0.3) is 0 Å². The molecule has 2 heteroatoms. The molecule has 0 spiro atoms. The van der Waals surface area contributed by atoms with E-state index >= 15 is 0 Å². The van der Waals surface area contributed by atoms with Crippen molar-refractivity contribution in [1.82, 2.24) is 0 Å². The van der Waals surface area contributed by atoms with E-state index in [1.54, 1.807) is 6.08 Å². The third-order valence-corrected chi connectivity index (χ3v) is 1.21. The van der Waals surface area contributed by atoms with Crippen molar-refractivity contribution in [3.05, 3.63) is 34.9 Å². The van der Waals surface area contributed by atoms with Gasteiger partial charge in [0.1, 0.15) is 0 Å². The van der Waals surface area contributed by atoms with E-state index in [1.165, 1.54) is 0 Å². The summed E-state index contributed by atoms with van der Waals surface area (Å²) in [7, 11) is 0. The predicted octanol–water partition coefficient (Wildman–Crippen LogP) is 3.95. The predicted molar refractivity (Wildman–Crippen MR) is 57.9 cm³/mol. The molecule has 0 aliphatic rings. The van der Waals surface area contributed by atoms with Crippen LogP contribution in [-0.2, 0) is 0 Å². The van der Waals surface area contributed by atoms with Crippen LogP contribution in [-0.4, -0.2) is 0 Å². The van der Waals surface area contributed by atoms with Crippen LogP contribution in [0.5, 0.6) is 0 Å². The summed E-state index contributed by atoms with van der Waals surface area (Å²) in [5.41, 5.74) is 1.31. The molecule has 0 heterocycles. The van der Waals surface area contributed by atoms with Crippen molar-refractivity contribution in [1.29, 1.82) is 5.26 Å². The van der Waals surface area contributed by atoms with Gasteiger partial charge in [0.15, 0.2) is 0 Å². The third kappa shape index (κ3) is 7.30. The lowest BCUT2D eigenvalue weighted by atomic mass is 10.1. The molecule has 12 heavy (non-hydrogen) atoms. The molecule has 0 rings (SSSR count). The number of allylic oxidation sites excluding steroid dienone is 4. The van der Waals surface area contributed by atoms with Gasteiger partial charge < -0.3 is 0 Å². The van der Waals surface area contributed by atoms with E-state index in [1.807, 2.05) is 26.8 Å². The van der Waals surface area contributed by atoms with Crippen LogP contribution in [0, 0.1) is 11.3 Å². The van der Waals surface area contributed by atoms with E-state index in [0.29, 0.717) is 5.57 Å². The van der Waals surface area contributed by atoms with Gasteiger partial charge in [0.2, 0.25) is 0 Å². The first-order chi connectivity index (χ1) is 5.57. The summed E-state index contributed by atoms with van der Waals surface area (Å²) in [4.78, 5) is 0. The van der Waals surface area contributed by atoms with Crippen molar-refractivity contribution in [2.24, 2.45) is 0 Å². The normalized spacial score (nSPS) is 9.08. The van der Waals surface area contributed by atoms with Crippen molar-refractivity contribution in [2.75, 3.05) is 0 Å². The average molecular weight is 228 g/mol. The molecule has 0 aromatic rings. The summed E-state index contributed by atoms with van der Waals surface area (Å²) >= 11 is 3.15. The van der Waals surface area contributed by atoms with Gasteiger partial charge in [-0.2, -0.15) is 5.26 Å². The molecule has 0 bridgehead atoms. The molecule has 0 N–H and O–H groups in total. The Balaban J connectivity index is 0. The van der Waals surface area contributed by atoms with Gasteiger partial charge in [0, 0.05) is 10.1 Å². The van der Waals surface area contributed by atoms with E-state index in [-0.39, 0.29) is 0 Å². The van der Waals surface area contributed by atoms with E-state index in [9.17, 15) is 0 Å². The first-order valence-corrected chi connectivity index (χ1v) is 4.49. The van der Waals surface area contributed by atoms with Crippen LogP contribution in [0.2, 0.25) is 0 Å². The highest BCUT2D eigenvalue weighted by Crippen LogP contribution is 2.11. The minimum atomic E-state index is 0.473. The topological polar surface area (TPSA) is 23.8 Å². The van der Waals surface area contributed by atoms with E-state index < -0.39 is 0 Å². The first-order valence-electron chi connectivity index (χ1n) is 3.70. The van der Waals surface area contributed by atoms with Gasteiger partial charge in [-0.15, -0.1) is 0 Å². The molecule has 0 amide bonds. The lowest BCUT2D eigenvalue weighted by Crippen LogP contribution is -1.77. The fourth-order valence-corrected chi connectivity index (χ4v) is 0.754. The molecule has 0 radical (unpaired) electrons. The fourth-order valence-electron chi connectivity index (χ4n) is 0.410. The fraction of sp³-hybridized carbons (Fsp3) is 0.300. The maximum absolute atomic E-state index is 8.38. The molecule has 0 fully saturated rings. The minimum Gasteiger partial charge on any atom is -0.192 e. The molecular formula is C10H14BrN. The van der Waals surface area contributed by atoms with Gasteiger partial charge in [0.05, 0.1) is 6.07 Å². The summed E-state index contributed by atoms with van der Waals surface area (Å²) < 4.78 is 0.751. The van der Waals surface area contributed by atoms with Gasteiger partial charge in [-0.05, 0) is 18.6 Å². The van der Waals surface area contributed by atoms with E-state index in [4.69, 9.17) is 5.26 Å². The Labute approximate surface area is 83.2 Å². The first kappa shape index (κ1) is 13.8. The van der Waals surface area contributed by atoms with E-state index in [0.717, 1.165) is 10.1 Å². The highest BCUT2D eigenvalue weighted by atomic mass is 79.9. The monoisotopic (exact) mass is 227 g/mol. The molecule has 0 saturated heterocycles. The molecule has 66 valence electrons. The zero-order valence-corrected chi connectivity index (χ0v) is 9.40. The molecule has 0 aliphatic carbocycles. The third-order valence-electron chi connectivity index (χ3n) is 0.984. The van der Waals surface area contributed by atoms with Gasteiger partial charge >= 0.3 is 0 Å². The van der Waals surface area contributed by atoms with Crippen molar-refractivity contribution < 1.29 is 0 Å². The van der Waals surface area contributed by atoms with E-state index in [2.05, 4.69) is 29.1 Å². The quantitative estimate of drug-likeness (QED) is 0.518. The van der Waals surface area contributed by atoms with Gasteiger partial charge in [-0.1, -0.05) is 42.9 Å². The van der Waals surface area contributed by atoms with Crippen LogP contribution in [0.1, 0.15) is 20.8 Å². The van der Waals surface area contributed by atoms with Crippen LogP contribution >= 0.6 is 15.9 Å². The summed E-state index contributed by atoms with van der Waals surface area (Å²) in [6.45, 7) is 13.0. The number of hydrogen-bond donors (Lipinski definition) is 0. The molecule has 0 aromatic heterocycles. The van der Waals surface area contributed by atoms with Crippen LogP contribution in [0.4, 0.5) is 0 Å².